The van der Waals surface area contributed by atoms with Gasteiger partial charge < -0.3 is 57.9 Å². The first-order valence-electron chi connectivity index (χ1n) is 23.3. The van der Waals surface area contributed by atoms with E-state index < -0.39 is 0 Å². The Labute approximate surface area is 400 Å². The van der Waals surface area contributed by atoms with Crippen LogP contribution in [0.3, 0.4) is 0 Å². The zero-order valence-electron chi connectivity index (χ0n) is 39.1. The number of rotatable bonds is 13. The highest BCUT2D eigenvalue weighted by molar-refractivity contribution is 5.92. The van der Waals surface area contributed by atoms with Crippen molar-refractivity contribution in [1.29, 1.82) is 0 Å². The average Bonchev–Trinajstić information content (AvgIpc) is 4.06. The summed E-state index contributed by atoms with van der Waals surface area (Å²) >= 11 is 0. The van der Waals surface area contributed by atoms with E-state index in [2.05, 4.69) is 54.3 Å². The molecule has 2 unspecified atom stereocenters. The van der Waals surface area contributed by atoms with Gasteiger partial charge in [0.15, 0.2) is 34.5 Å². The third-order valence-corrected chi connectivity index (χ3v) is 12.3. The molecule has 0 radical (unpaired) electrons. The van der Waals surface area contributed by atoms with Crippen molar-refractivity contribution < 1.29 is 42.1 Å². The van der Waals surface area contributed by atoms with Crippen LogP contribution in [-0.4, -0.2) is 153 Å². The van der Waals surface area contributed by atoms with E-state index in [1.807, 2.05) is 66.7 Å². The molecule has 18 heteroatoms. The van der Waals surface area contributed by atoms with Crippen molar-refractivity contribution in [2.45, 2.75) is 25.3 Å². The minimum absolute atomic E-state index is 0.193. The number of methoxy groups -OCH3 is 1. The molecule has 6 aromatic rings. The summed E-state index contributed by atoms with van der Waals surface area (Å²) in [6, 6.07) is 28.9. The van der Waals surface area contributed by atoms with Crippen LogP contribution in [0.2, 0.25) is 0 Å². The van der Waals surface area contributed by atoms with Gasteiger partial charge in [-0.2, -0.15) is 0 Å². The van der Waals surface area contributed by atoms with Crippen molar-refractivity contribution in [3.05, 3.63) is 130 Å². The molecule has 2 atom stereocenters. The van der Waals surface area contributed by atoms with Gasteiger partial charge in [-0.3, -0.25) is 24.2 Å². The summed E-state index contributed by atoms with van der Waals surface area (Å²) < 4.78 is 41.0. The number of aromatic nitrogens is 2. The zero-order chi connectivity index (χ0) is 47.7. The van der Waals surface area contributed by atoms with Crippen molar-refractivity contribution >= 4 is 11.8 Å². The molecule has 18 nitrogen and oxygen atoms in total. The molecule has 4 aliphatic heterocycles. The monoisotopic (exact) mass is 942 g/mol. The van der Waals surface area contributed by atoms with Crippen LogP contribution in [0, 0.1) is 0 Å². The number of benzene rings is 2. The standard InChI is InChI=1S/C26H30N4O5.C25H28N4O5/c1-29-11-13-30(14-12-29)16-18-9-10-23(34-18)26(31)27-15-19-17-33-22-7-3-5-20(25(22)35-19)21-6-4-8-24(28-21)32-2;1-28-10-12-29(13-11-28)15-17-8-9-22(33-17)25(31)26-14-18-16-32-21-6-2-4-19(24(21)34-18)20-5-3-7-23(30)27-20/h3-10,19H,11-17H2,1-2H3,(H,27,31);2-9,18H,10-16H2,1H3,(H,26,31)(H,27,30). The van der Waals surface area contributed by atoms with Gasteiger partial charge in [-0.1, -0.05) is 24.3 Å². The number of hydrogen-bond donors (Lipinski definition) is 3. The van der Waals surface area contributed by atoms with E-state index in [-0.39, 0.29) is 48.4 Å². The number of nitrogens with one attached hydrogen (secondary N) is 3. The highest BCUT2D eigenvalue weighted by atomic mass is 16.6. The van der Waals surface area contributed by atoms with E-state index in [1.165, 1.54) is 6.07 Å². The lowest BCUT2D eigenvalue weighted by atomic mass is 10.1. The molecule has 0 aliphatic carbocycles. The number of ether oxygens (including phenoxy) is 5. The summed E-state index contributed by atoms with van der Waals surface area (Å²) in [7, 11) is 5.83. The molecule has 3 N–H and O–H groups in total. The molecule has 0 spiro atoms. The summed E-state index contributed by atoms with van der Waals surface area (Å²) in [4.78, 5) is 53.7. The molecular weight excluding hydrogens is 885 g/mol. The van der Waals surface area contributed by atoms with E-state index >= 15 is 0 Å². The largest absolute Gasteiger partial charge is 0.486 e. The molecule has 2 aromatic carbocycles. The molecule has 8 heterocycles. The molecule has 2 amide bonds. The van der Waals surface area contributed by atoms with E-state index in [0.29, 0.717) is 66.6 Å². The summed E-state index contributed by atoms with van der Waals surface area (Å²) in [5.74, 6) is 4.50. The SMILES string of the molecule is CN1CCN(Cc2ccc(C(=O)NCC3COc4cccc(-c5cccc(=O)[nH]5)c4O3)o2)CC1.COc1cccc(-c2cccc3c2OC(CNC(=O)c2ccc(CN4CCN(C)CC4)o2)CO3)n1. The van der Waals surface area contributed by atoms with Gasteiger partial charge in [0.1, 0.15) is 36.9 Å². The Morgan fingerprint density at radius 1 is 0.638 bits per heavy atom. The number of amides is 2. The van der Waals surface area contributed by atoms with E-state index in [4.69, 9.17) is 32.5 Å². The Morgan fingerprint density at radius 3 is 1.68 bits per heavy atom. The van der Waals surface area contributed by atoms with Gasteiger partial charge in [0.05, 0.1) is 44.7 Å². The summed E-state index contributed by atoms with van der Waals surface area (Å²) in [6.07, 6.45) is -0.731. The number of carbonyl (C=O) groups excluding carboxylic acids is 2. The maximum atomic E-state index is 12.7. The number of furan rings is 2. The quantitative estimate of drug-likeness (QED) is 0.145. The molecule has 2 fully saturated rings. The van der Waals surface area contributed by atoms with Gasteiger partial charge in [-0.05, 0) is 74.8 Å². The van der Waals surface area contributed by atoms with E-state index in [0.717, 1.165) is 80.7 Å². The van der Waals surface area contributed by atoms with Crippen molar-refractivity contribution in [1.82, 2.24) is 40.2 Å². The first-order valence-corrected chi connectivity index (χ1v) is 23.3. The van der Waals surface area contributed by atoms with Gasteiger partial charge >= 0.3 is 0 Å². The van der Waals surface area contributed by atoms with Crippen LogP contribution >= 0.6 is 0 Å². The first-order chi connectivity index (χ1) is 33.6. The normalized spacial score (nSPS) is 18.4. The maximum Gasteiger partial charge on any atom is 0.287 e. The average molecular weight is 943 g/mol. The van der Waals surface area contributed by atoms with Gasteiger partial charge in [-0.15, -0.1) is 0 Å². The topological polar surface area (TPSA) is 189 Å². The predicted molar refractivity (Wildman–Crippen MR) is 256 cm³/mol. The fourth-order valence-electron chi connectivity index (χ4n) is 8.38. The highest BCUT2D eigenvalue weighted by Crippen LogP contribution is 2.41. The number of hydrogen-bond acceptors (Lipinski definition) is 15. The van der Waals surface area contributed by atoms with Crippen LogP contribution in [0.1, 0.15) is 32.6 Å². The van der Waals surface area contributed by atoms with Crippen LogP contribution in [0.4, 0.5) is 0 Å². The van der Waals surface area contributed by atoms with Gasteiger partial charge in [0.2, 0.25) is 11.4 Å². The Bertz CT molecular complexity index is 2760. The molecule has 10 rings (SSSR count). The molecule has 4 aromatic heterocycles. The molecule has 4 aliphatic rings. The lowest BCUT2D eigenvalue weighted by Crippen LogP contribution is -2.43. The van der Waals surface area contributed by atoms with E-state index in [1.54, 1.807) is 31.4 Å². The van der Waals surface area contributed by atoms with Crippen LogP contribution in [-0.2, 0) is 13.1 Å². The predicted octanol–water partition coefficient (Wildman–Crippen LogP) is 4.62. The zero-order valence-corrected chi connectivity index (χ0v) is 39.1. The van der Waals surface area contributed by atoms with Crippen LogP contribution in [0.25, 0.3) is 22.5 Å². The number of carbonyl (C=O) groups is 2. The van der Waals surface area contributed by atoms with Crippen LogP contribution in [0.15, 0.2) is 111 Å². The number of nitrogens with zero attached hydrogens (tertiary/aromatic N) is 5. The number of pyridine rings is 2. The second-order valence-corrected chi connectivity index (χ2v) is 17.5. The Balaban J connectivity index is 0.000000172. The lowest BCUT2D eigenvalue weighted by molar-refractivity contribution is 0.0770. The minimum atomic E-state index is -0.382. The van der Waals surface area contributed by atoms with Crippen LogP contribution in [0.5, 0.6) is 28.9 Å². The summed E-state index contributed by atoms with van der Waals surface area (Å²) in [6.45, 7) is 10.7. The number of piperazine rings is 2. The van der Waals surface area contributed by atoms with Crippen molar-refractivity contribution in [2.75, 3.05) is 99.9 Å². The Morgan fingerprint density at radius 2 is 1.14 bits per heavy atom. The third-order valence-electron chi connectivity index (χ3n) is 12.3. The fourth-order valence-corrected chi connectivity index (χ4v) is 8.38. The Hall–Kier alpha value is -7.12. The fraction of sp³-hybridized carbons (Fsp3) is 0.373. The summed E-state index contributed by atoms with van der Waals surface area (Å²) in [5, 5.41) is 5.78. The highest BCUT2D eigenvalue weighted by Gasteiger charge is 2.28. The number of aromatic amines is 1. The van der Waals surface area contributed by atoms with Gasteiger partial charge in [-0.25, -0.2) is 4.98 Å². The molecule has 0 saturated carbocycles. The lowest BCUT2D eigenvalue weighted by Gasteiger charge is -2.31. The number of para-hydroxylation sites is 2. The van der Waals surface area contributed by atoms with E-state index in [9.17, 15) is 14.4 Å². The number of H-pyrrole nitrogens is 1. The number of fused-ring (bicyclic) bond motifs is 2. The molecule has 362 valence electrons. The summed E-state index contributed by atoms with van der Waals surface area (Å²) in [5.41, 5.74) is 2.70. The minimum Gasteiger partial charge on any atom is -0.486 e. The maximum absolute atomic E-state index is 12.7. The third kappa shape index (κ3) is 12.0. The van der Waals surface area contributed by atoms with Crippen molar-refractivity contribution in [2.24, 2.45) is 0 Å². The second-order valence-electron chi connectivity index (χ2n) is 17.5. The van der Waals surface area contributed by atoms with Crippen molar-refractivity contribution in [3.63, 3.8) is 0 Å². The molecule has 2 saturated heterocycles. The molecular formula is C51H58N8O10. The molecule has 69 heavy (non-hydrogen) atoms. The smallest absolute Gasteiger partial charge is 0.287 e. The van der Waals surface area contributed by atoms with Gasteiger partial charge in [0.25, 0.3) is 11.8 Å². The second kappa shape index (κ2) is 21.9. The first kappa shape index (κ1) is 47.0. The van der Waals surface area contributed by atoms with Crippen molar-refractivity contribution in [3.8, 4) is 51.4 Å². The van der Waals surface area contributed by atoms with Crippen LogP contribution < -0.4 is 39.9 Å². The molecule has 0 bridgehead atoms. The Kier molecular flexibility index (Phi) is 14.9. The number of likely N-dealkylation sites (N-methyl/N-ethyl adjacent to an activating group) is 2. The van der Waals surface area contributed by atoms with Gasteiger partial charge in [0, 0.05) is 75.6 Å².